The van der Waals surface area contributed by atoms with E-state index in [0.717, 1.165) is 12.1 Å². The zero-order valence-corrected chi connectivity index (χ0v) is 11.1. The molecule has 2 aromatic rings. The lowest BCUT2D eigenvalue weighted by molar-refractivity contribution is 0.584. The summed E-state index contributed by atoms with van der Waals surface area (Å²) in [5.41, 5.74) is 5.90. The molecule has 0 aromatic heterocycles. The molecular formula is C13H12F2N2O2S. The van der Waals surface area contributed by atoms with Crippen LogP contribution in [0.1, 0.15) is 5.56 Å². The monoisotopic (exact) mass is 298 g/mol. The van der Waals surface area contributed by atoms with Crippen molar-refractivity contribution >= 4 is 15.7 Å². The SMILES string of the molecule is NCc1cccc(S(=O)(=O)Nc2cc(F)cc(F)c2)c1. The molecule has 0 aliphatic heterocycles. The van der Waals surface area contributed by atoms with Crippen molar-refractivity contribution in [2.75, 3.05) is 4.72 Å². The lowest BCUT2D eigenvalue weighted by Crippen LogP contribution is -2.14. The summed E-state index contributed by atoms with van der Waals surface area (Å²) in [5, 5.41) is 0. The summed E-state index contributed by atoms with van der Waals surface area (Å²) in [4.78, 5) is -0.0230. The van der Waals surface area contributed by atoms with Gasteiger partial charge in [-0.15, -0.1) is 0 Å². The highest BCUT2D eigenvalue weighted by Crippen LogP contribution is 2.19. The summed E-state index contributed by atoms with van der Waals surface area (Å²) in [6.07, 6.45) is 0. The minimum atomic E-state index is -3.92. The third-order valence-corrected chi connectivity index (χ3v) is 3.94. The van der Waals surface area contributed by atoms with Crippen molar-refractivity contribution in [3.8, 4) is 0 Å². The van der Waals surface area contributed by atoms with E-state index in [-0.39, 0.29) is 17.1 Å². The maximum Gasteiger partial charge on any atom is 0.261 e. The molecule has 0 aliphatic carbocycles. The van der Waals surface area contributed by atoms with E-state index in [1.54, 1.807) is 12.1 Å². The highest BCUT2D eigenvalue weighted by molar-refractivity contribution is 7.92. The molecule has 4 nitrogen and oxygen atoms in total. The molecule has 0 fully saturated rings. The van der Waals surface area contributed by atoms with E-state index in [1.165, 1.54) is 12.1 Å². The maximum absolute atomic E-state index is 13.0. The molecule has 0 heterocycles. The average Bonchev–Trinajstić information content (AvgIpc) is 2.37. The van der Waals surface area contributed by atoms with E-state index >= 15 is 0 Å². The van der Waals surface area contributed by atoms with Crippen molar-refractivity contribution in [2.24, 2.45) is 5.73 Å². The van der Waals surface area contributed by atoms with Crippen LogP contribution in [0.4, 0.5) is 14.5 Å². The van der Waals surface area contributed by atoms with Gasteiger partial charge in [0.25, 0.3) is 10.0 Å². The molecule has 2 rings (SSSR count). The molecule has 7 heteroatoms. The van der Waals surface area contributed by atoms with E-state index in [1.807, 2.05) is 0 Å². The van der Waals surface area contributed by atoms with Crippen LogP contribution < -0.4 is 10.5 Å². The van der Waals surface area contributed by atoms with Gasteiger partial charge >= 0.3 is 0 Å². The van der Waals surface area contributed by atoms with Crippen LogP contribution in [0.3, 0.4) is 0 Å². The number of anilines is 1. The molecule has 3 N–H and O–H groups in total. The Hall–Kier alpha value is -1.99. The number of benzene rings is 2. The van der Waals surface area contributed by atoms with Gasteiger partial charge in [0, 0.05) is 12.6 Å². The van der Waals surface area contributed by atoms with Crippen molar-refractivity contribution in [3.05, 3.63) is 59.7 Å². The second-order valence-electron chi connectivity index (χ2n) is 4.12. The summed E-state index contributed by atoms with van der Waals surface area (Å²) in [6, 6.07) is 8.45. The lowest BCUT2D eigenvalue weighted by Gasteiger charge is -2.09. The van der Waals surface area contributed by atoms with Crippen LogP contribution in [-0.4, -0.2) is 8.42 Å². The molecule has 0 aliphatic rings. The number of hydrogen-bond donors (Lipinski definition) is 2. The molecule has 0 bridgehead atoms. The van der Waals surface area contributed by atoms with E-state index in [4.69, 9.17) is 5.73 Å². The van der Waals surface area contributed by atoms with Crippen LogP contribution in [0.25, 0.3) is 0 Å². The predicted molar refractivity (Wildman–Crippen MR) is 71.5 cm³/mol. The largest absolute Gasteiger partial charge is 0.326 e. The fraction of sp³-hybridized carbons (Fsp3) is 0.0769. The number of sulfonamides is 1. The Morgan fingerprint density at radius 1 is 1.05 bits per heavy atom. The van der Waals surface area contributed by atoms with Gasteiger partial charge in [-0.1, -0.05) is 12.1 Å². The van der Waals surface area contributed by atoms with Crippen LogP contribution in [0, 0.1) is 11.6 Å². The van der Waals surface area contributed by atoms with E-state index < -0.39 is 21.7 Å². The first-order valence-electron chi connectivity index (χ1n) is 5.68. The van der Waals surface area contributed by atoms with Gasteiger partial charge in [0.1, 0.15) is 11.6 Å². The van der Waals surface area contributed by atoms with E-state index in [9.17, 15) is 17.2 Å². The van der Waals surface area contributed by atoms with Gasteiger partial charge in [0.15, 0.2) is 0 Å². The topological polar surface area (TPSA) is 72.2 Å². The first kappa shape index (κ1) is 14.4. The van der Waals surface area contributed by atoms with Gasteiger partial charge in [-0.25, -0.2) is 17.2 Å². The first-order valence-corrected chi connectivity index (χ1v) is 7.17. The molecule has 106 valence electrons. The van der Waals surface area contributed by atoms with Gasteiger partial charge in [-0.05, 0) is 29.8 Å². The first-order chi connectivity index (χ1) is 9.40. The Morgan fingerprint density at radius 3 is 2.30 bits per heavy atom. The molecular weight excluding hydrogens is 286 g/mol. The van der Waals surface area contributed by atoms with Crippen LogP contribution in [0.2, 0.25) is 0 Å². The summed E-state index contributed by atoms with van der Waals surface area (Å²) >= 11 is 0. The third kappa shape index (κ3) is 3.31. The molecule has 0 spiro atoms. The van der Waals surface area contributed by atoms with Crippen molar-refractivity contribution in [1.82, 2.24) is 0 Å². The Balaban J connectivity index is 2.35. The third-order valence-electron chi connectivity index (χ3n) is 2.56. The van der Waals surface area contributed by atoms with Crippen LogP contribution in [-0.2, 0) is 16.6 Å². The highest BCUT2D eigenvalue weighted by Gasteiger charge is 2.15. The molecule has 0 unspecified atom stereocenters. The van der Waals surface area contributed by atoms with Gasteiger partial charge in [0.05, 0.1) is 10.6 Å². The summed E-state index contributed by atoms with van der Waals surface area (Å²) in [7, 11) is -3.92. The summed E-state index contributed by atoms with van der Waals surface area (Å²) in [5.74, 6) is -1.73. The van der Waals surface area contributed by atoms with Crippen molar-refractivity contribution in [1.29, 1.82) is 0 Å². The van der Waals surface area contributed by atoms with Crippen LogP contribution in [0.15, 0.2) is 47.4 Å². The fourth-order valence-electron chi connectivity index (χ4n) is 1.67. The standard InChI is InChI=1S/C13H12F2N2O2S/c14-10-5-11(15)7-12(6-10)17-20(18,19)13-3-1-2-9(4-13)8-16/h1-7,17H,8,16H2. The Morgan fingerprint density at radius 2 is 1.70 bits per heavy atom. The second kappa shape index (κ2) is 5.56. The van der Waals surface area contributed by atoms with Gasteiger partial charge in [0.2, 0.25) is 0 Å². The average molecular weight is 298 g/mol. The van der Waals surface area contributed by atoms with E-state index in [0.29, 0.717) is 11.6 Å². The Bertz CT molecular complexity index is 713. The molecule has 20 heavy (non-hydrogen) atoms. The van der Waals surface area contributed by atoms with E-state index in [2.05, 4.69) is 4.72 Å². The molecule has 0 amide bonds. The van der Waals surface area contributed by atoms with Crippen molar-refractivity contribution < 1.29 is 17.2 Å². The number of rotatable bonds is 4. The zero-order chi connectivity index (χ0) is 14.8. The second-order valence-corrected chi connectivity index (χ2v) is 5.80. The van der Waals surface area contributed by atoms with Crippen molar-refractivity contribution in [3.63, 3.8) is 0 Å². The normalized spacial score (nSPS) is 11.3. The van der Waals surface area contributed by atoms with Gasteiger partial charge < -0.3 is 5.73 Å². The minimum absolute atomic E-state index is 0.0230. The number of hydrogen-bond acceptors (Lipinski definition) is 3. The zero-order valence-electron chi connectivity index (χ0n) is 10.3. The van der Waals surface area contributed by atoms with Crippen molar-refractivity contribution in [2.45, 2.75) is 11.4 Å². The quantitative estimate of drug-likeness (QED) is 0.909. The fourth-order valence-corrected chi connectivity index (χ4v) is 2.78. The van der Waals surface area contributed by atoms with Gasteiger partial charge in [-0.2, -0.15) is 0 Å². The molecule has 0 saturated heterocycles. The summed E-state index contributed by atoms with van der Waals surface area (Å²) in [6.45, 7) is 0.192. The maximum atomic E-state index is 13.0. The Kier molecular flexibility index (Phi) is 4.01. The molecule has 0 atom stereocenters. The number of nitrogens with one attached hydrogen (secondary N) is 1. The smallest absolute Gasteiger partial charge is 0.261 e. The molecule has 2 aromatic carbocycles. The van der Waals surface area contributed by atoms with Crippen LogP contribution >= 0.6 is 0 Å². The highest BCUT2D eigenvalue weighted by atomic mass is 32.2. The minimum Gasteiger partial charge on any atom is -0.326 e. The predicted octanol–water partition coefficient (Wildman–Crippen LogP) is 2.22. The lowest BCUT2D eigenvalue weighted by atomic mass is 10.2. The summed E-state index contributed by atoms with van der Waals surface area (Å²) < 4.78 is 52.4. The molecule has 0 radical (unpaired) electrons. The molecule has 0 saturated carbocycles. The number of nitrogens with two attached hydrogens (primary N) is 1. The number of halogens is 2. The van der Waals surface area contributed by atoms with Crippen LogP contribution in [0.5, 0.6) is 0 Å². The Labute approximate surface area is 115 Å². The van der Waals surface area contributed by atoms with Gasteiger partial charge in [-0.3, -0.25) is 4.72 Å².